The fourth-order valence-electron chi connectivity index (χ4n) is 1.68. The predicted molar refractivity (Wildman–Crippen MR) is 76.9 cm³/mol. The van der Waals surface area contributed by atoms with Gasteiger partial charge in [0.1, 0.15) is 0 Å². The number of likely N-dealkylation sites (N-methyl/N-ethyl adjacent to an activating group) is 1. The van der Waals surface area contributed by atoms with Gasteiger partial charge in [-0.15, -0.1) is 0 Å². The van der Waals surface area contributed by atoms with Crippen LogP contribution < -0.4 is 5.32 Å². The molecule has 0 atom stereocenters. The number of amides is 1. The van der Waals surface area contributed by atoms with Crippen molar-refractivity contribution >= 4 is 11.6 Å². The Morgan fingerprint density at radius 2 is 1.83 bits per heavy atom. The highest BCUT2D eigenvalue weighted by Crippen LogP contribution is 2.11. The Labute approximate surface area is 110 Å². The molecule has 3 heteroatoms. The molecule has 0 aliphatic rings. The zero-order valence-corrected chi connectivity index (χ0v) is 11.7. The number of benzene rings is 1. The fraction of sp³-hybridized carbons (Fsp3) is 0.533. The molecule has 1 amide bonds. The highest BCUT2D eigenvalue weighted by molar-refractivity contribution is 5.78. The van der Waals surface area contributed by atoms with Crippen molar-refractivity contribution in [3.05, 3.63) is 29.8 Å². The van der Waals surface area contributed by atoms with Crippen molar-refractivity contribution in [1.82, 2.24) is 4.90 Å². The average Bonchev–Trinajstić information content (AvgIpc) is 2.36. The number of hydrogen-bond acceptors (Lipinski definition) is 2. The van der Waals surface area contributed by atoms with Crippen LogP contribution in [0, 0.1) is 0 Å². The van der Waals surface area contributed by atoms with Gasteiger partial charge in [0, 0.05) is 26.3 Å². The number of carbonyl (C=O) groups excluding carboxylic acids is 1. The summed E-state index contributed by atoms with van der Waals surface area (Å²) >= 11 is 0. The third-order valence-electron chi connectivity index (χ3n) is 2.92. The smallest absolute Gasteiger partial charge is 0.226 e. The Morgan fingerprint density at radius 3 is 2.39 bits per heavy atom. The van der Waals surface area contributed by atoms with Crippen LogP contribution in [0.5, 0.6) is 0 Å². The molecule has 0 heterocycles. The zero-order valence-electron chi connectivity index (χ0n) is 11.7. The van der Waals surface area contributed by atoms with Crippen molar-refractivity contribution in [3.63, 3.8) is 0 Å². The third kappa shape index (κ3) is 5.21. The molecule has 0 aliphatic carbocycles. The number of hydrogen-bond donors (Lipinski definition) is 1. The molecular weight excluding hydrogens is 224 g/mol. The lowest BCUT2D eigenvalue weighted by Gasteiger charge is -2.11. The third-order valence-corrected chi connectivity index (χ3v) is 2.92. The average molecular weight is 248 g/mol. The Morgan fingerprint density at radius 1 is 1.17 bits per heavy atom. The Balaban J connectivity index is 2.40. The molecule has 1 N–H and O–H groups in total. The standard InChI is InChI=1S/C15H24N2O/c1-4-5-6-11-16-14-9-7-13(8-10-14)12-15(18)17(2)3/h7-10,16H,4-6,11-12H2,1-3H3. The van der Waals surface area contributed by atoms with Crippen LogP contribution in [0.4, 0.5) is 5.69 Å². The normalized spacial score (nSPS) is 10.2. The van der Waals surface area contributed by atoms with E-state index in [-0.39, 0.29) is 5.91 Å². The lowest BCUT2D eigenvalue weighted by atomic mass is 10.1. The van der Waals surface area contributed by atoms with Gasteiger partial charge in [-0.1, -0.05) is 31.9 Å². The molecule has 0 aromatic heterocycles. The summed E-state index contributed by atoms with van der Waals surface area (Å²) in [6, 6.07) is 8.13. The lowest BCUT2D eigenvalue weighted by molar-refractivity contribution is -0.127. The molecule has 0 unspecified atom stereocenters. The summed E-state index contributed by atoms with van der Waals surface area (Å²) in [7, 11) is 3.57. The van der Waals surface area contributed by atoms with E-state index in [1.165, 1.54) is 19.3 Å². The fourth-order valence-corrected chi connectivity index (χ4v) is 1.68. The van der Waals surface area contributed by atoms with E-state index in [0.29, 0.717) is 6.42 Å². The maximum Gasteiger partial charge on any atom is 0.226 e. The molecule has 0 saturated heterocycles. The first-order valence-corrected chi connectivity index (χ1v) is 6.66. The van der Waals surface area contributed by atoms with Gasteiger partial charge in [0.25, 0.3) is 0 Å². The minimum Gasteiger partial charge on any atom is -0.385 e. The predicted octanol–water partition coefficient (Wildman–Crippen LogP) is 2.92. The van der Waals surface area contributed by atoms with Crippen LogP contribution in [-0.4, -0.2) is 31.4 Å². The summed E-state index contributed by atoms with van der Waals surface area (Å²) in [4.78, 5) is 13.2. The Hall–Kier alpha value is -1.51. The van der Waals surface area contributed by atoms with Crippen LogP contribution in [0.15, 0.2) is 24.3 Å². The van der Waals surface area contributed by atoms with Gasteiger partial charge in [0.2, 0.25) is 5.91 Å². The monoisotopic (exact) mass is 248 g/mol. The number of nitrogens with zero attached hydrogens (tertiary/aromatic N) is 1. The summed E-state index contributed by atoms with van der Waals surface area (Å²) in [5, 5.41) is 3.39. The number of rotatable bonds is 7. The van der Waals surface area contributed by atoms with E-state index >= 15 is 0 Å². The van der Waals surface area contributed by atoms with Crippen LogP contribution in [-0.2, 0) is 11.2 Å². The van der Waals surface area contributed by atoms with Gasteiger partial charge in [-0.05, 0) is 24.1 Å². The Kier molecular flexibility index (Phi) is 6.26. The largest absolute Gasteiger partial charge is 0.385 e. The SMILES string of the molecule is CCCCCNc1ccc(CC(=O)N(C)C)cc1. The molecule has 0 spiro atoms. The van der Waals surface area contributed by atoms with Gasteiger partial charge in [0.05, 0.1) is 6.42 Å². The van der Waals surface area contributed by atoms with Gasteiger partial charge < -0.3 is 10.2 Å². The van der Waals surface area contributed by atoms with Crippen molar-refractivity contribution in [3.8, 4) is 0 Å². The van der Waals surface area contributed by atoms with E-state index in [1.807, 2.05) is 24.3 Å². The van der Waals surface area contributed by atoms with Crippen LogP contribution in [0.3, 0.4) is 0 Å². The van der Waals surface area contributed by atoms with Crippen molar-refractivity contribution in [2.24, 2.45) is 0 Å². The summed E-state index contributed by atoms with van der Waals surface area (Å²) in [5.41, 5.74) is 2.19. The van der Waals surface area contributed by atoms with E-state index in [2.05, 4.69) is 12.2 Å². The number of carbonyl (C=O) groups is 1. The summed E-state index contributed by atoms with van der Waals surface area (Å²) in [6.45, 7) is 3.22. The zero-order chi connectivity index (χ0) is 13.4. The highest BCUT2D eigenvalue weighted by Gasteiger charge is 2.04. The van der Waals surface area contributed by atoms with Gasteiger partial charge in [-0.25, -0.2) is 0 Å². The molecule has 100 valence electrons. The molecule has 0 aliphatic heterocycles. The van der Waals surface area contributed by atoms with E-state index in [4.69, 9.17) is 0 Å². The number of unbranched alkanes of at least 4 members (excludes halogenated alkanes) is 2. The van der Waals surface area contributed by atoms with Gasteiger partial charge in [-0.3, -0.25) is 4.79 Å². The quantitative estimate of drug-likeness (QED) is 0.752. The molecule has 3 nitrogen and oxygen atoms in total. The van der Waals surface area contributed by atoms with Crippen molar-refractivity contribution in [2.45, 2.75) is 32.6 Å². The Bertz CT molecular complexity index is 357. The highest BCUT2D eigenvalue weighted by atomic mass is 16.2. The second-order valence-electron chi connectivity index (χ2n) is 4.80. The summed E-state index contributed by atoms with van der Waals surface area (Å²) < 4.78 is 0. The van der Waals surface area contributed by atoms with Gasteiger partial charge in [-0.2, -0.15) is 0 Å². The minimum atomic E-state index is 0.138. The van der Waals surface area contributed by atoms with Crippen molar-refractivity contribution in [1.29, 1.82) is 0 Å². The molecule has 1 aromatic carbocycles. The maximum absolute atomic E-state index is 11.6. The van der Waals surface area contributed by atoms with Crippen molar-refractivity contribution in [2.75, 3.05) is 26.0 Å². The van der Waals surface area contributed by atoms with E-state index < -0.39 is 0 Å². The molecule has 0 bridgehead atoms. The van der Waals surface area contributed by atoms with Gasteiger partial charge in [0.15, 0.2) is 0 Å². The first kappa shape index (κ1) is 14.6. The lowest BCUT2D eigenvalue weighted by Crippen LogP contribution is -2.23. The van der Waals surface area contributed by atoms with E-state index in [9.17, 15) is 4.79 Å². The van der Waals surface area contributed by atoms with Crippen LogP contribution >= 0.6 is 0 Å². The van der Waals surface area contributed by atoms with Crippen LogP contribution in [0.2, 0.25) is 0 Å². The molecular formula is C15H24N2O. The molecule has 0 radical (unpaired) electrons. The number of anilines is 1. The first-order valence-electron chi connectivity index (χ1n) is 6.66. The van der Waals surface area contributed by atoms with E-state index in [1.54, 1.807) is 19.0 Å². The van der Waals surface area contributed by atoms with Crippen LogP contribution in [0.25, 0.3) is 0 Å². The summed E-state index contributed by atoms with van der Waals surface area (Å²) in [6.07, 6.45) is 4.19. The molecule has 1 aromatic rings. The minimum absolute atomic E-state index is 0.138. The second-order valence-corrected chi connectivity index (χ2v) is 4.80. The maximum atomic E-state index is 11.6. The summed E-state index contributed by atoms with van der Waals surface area (Å²) in [5.74, 6) is 0.138. The van der Waals surface area contributed by atoms with Gasteiger partial charge >= 0.3 is 0 Å². The molecule has 0 saturated carbocycles. The second kappa shape index (κ2) is 7.75. The number of nitrogens with one attached hydrogen (secondary N) is 1. The topological polar surface area (TPSA) is 32.3 Å². The van der Waals surface area contributed by atoms with Crippen molar-refractivity contribution < 1.29 is 4.79 Å². The first-order chi connectivity index (χ1) is 8.63. The van der Waals surface area contributed by atoms with Crippen LogP contribution in [0.1, 0.15) is 31.7 Å². The molecule has 0 fully saturated rings. The molecule has 1 rings (SSSR count). The molecule has 18 heavy (non-hydrogen) atoms. The van der Waals surface area contributed by atoms with E-state index in [0.717, 1.165) is 17.8 Å².